The van der Waals surface area contributed by atoms with Gasteiger partial charge < -0.3 is 15.9 Å². The zero-order valence-corrected chi connectivity index (χ0v) is 8.34. The molecule has 0 unspecified atom stereocenters. The Morgan fingerprint density at radius 1 is 1.62 bits per heavy atom. The highest BCUT2D eigenvalue weighted by atomic mass is 32.1. The number of anilines is 1. The number of aliphatic hydroxyl groups excluding tert-OH is 1. The Labute approximate surface area is 80.6 Å². The second-order valence-electron chi connectivity index (χ2n) is 2.60. The second kappa shape index (κ2) is 5.55. The average molecular weight is 203 g/mol. The minimum atomic E-state index is -0.956. The fourth-order valence-electron chi connectivity index (χ4n) is 0.493. The van der Waals surface area contributed by atoms with E-state index in [1.807, 2.05) is 0 Å². The van der Waals surface area contributed by atoms with Crippen molar-refractivity contribution < 1.29 is 15.0 Å². The number of carbonyl (C=O) groups is 1. The van der Waals surface area contributed by atoms with Gasteiger partial charge in [0.25, 0.3) is 0 Å². The van der Waals surface area contributed by atoms with E-state index in [-0.39, 0.29) is 11.0 Å². The summed E-state index contributed by atoms with van der Waals surface area (Å²) in [6, 6.07) is 1.58. The number of thiophene rings is 1. The van der Waals surface area contributed by atoms with Gasteiger partial charge in [-0.1, -0.05) is 0 Å². The molecule has 1 rings (SSSR count). The van der Waals surface area contributed by atoms with Crippen molar-refractivity contribution >= 4 is 23.0 Å². The van der Waals surface area contributed by atoms with E-state index in [1.54, 1.807) is 25.3 Å². The van der Waals surface area contributed by atoms with Crippen LogP contribution in [0.2, 0.25) is 0 Å². The zero-order valence-electron chi connectivity index (χ0n) is 7.52. The van der Waals surface area contributed by atoms with Crippen LogP contribution in [0, 0.1) is 0 Å². The largest absolute Gasteiger partial charge is 0.477 e. The molecule has 74 valence electrons. The van der Waals surface area contributed by atoms with E-state index in [9.17, 15) is 4.79 Å². The average Bonchev–Trinajstić information content (AvgIpc) is 2.33. The minimum absolute atomic E-state index is 0.167. The summed E-state index contributed by atoms with van der Waals surface area (Å²) in [6.07, 6.45) is -0.167. The van der Waals surface area contributed by atoms with Crippen LogP contribution in [0.3, 0.4) is 0 Å². The van der Waals surface area contributed by atoms with Crippen molar-refractivity contribution in [3.63, 3.8) is 0 Å². The van der Waals surface area contributed by atoms with Gasteiger partial charge in [-0.05, 0) is 25.3 Å². The van der Waals surface area contributed by atoms with E-state index >= 15 is 0 Å². The molecule has 0 bridgehead atoms. The van der Waals surface area contributed by atoms with E-state index in [0.29, 0.717) is 5.69 Å². The van der Waals surface area contributed by atoms with Crippen LogP contribution in [0.25, 0.3) is 0 Å². The normalized spacial score (nSPS) is 9.23. The van der Waals surface area contributed by atoms with Gasteiger partial charge in [-0.15, -0.1) is 11.3 Å². The maximum absolute atomic E-state index is 10.2. The zero-order chi connectivity index (χ0) is 10.4. The topological polar surface area (TPSA) is 83.5 Å². The Bertz CT molecular complexity index is 267. The minimum Gasteiger partial charge on any atom is -0.477 e. The molecule has 4 nitrogen and oxygen atoms in total. The highest BCUT2D eigenvalue weighted by Crippen LogP contribution is 2.17. The van der Waals surface area contributed by atoms with Crippen molar-refractivity contribution in [2.75, 3.05) is 5.73 Å². The number of hydrogen-bond donors (Lipinski definition) is 3. The van der Waals surface area contributed by atoms with Crippen LogP contribution in [0.1, 0.15) is 23.5 Å². The van der Waals surface area contributed by atoms with Crippen LogP contribution in [0.4, 0.5) is 5.69 Å². The third kappa shape index (κ3) is 5.21. The molecule has 0 aliphatic carbocycles. The van der Waals surface area contributed by atoms with Crippen LogP contribution in [-0.4, -0.2) is 22.3 Å². The van der Waals surface area contributed by atoms with Gasteiger partial charge in [0, 0.05) is 6.10 Å². The van der Waals surface area contributed by atoms with E-state index in [4.69, 9.17) is 15.9 Å². The molecule has 1 aromatic rings. The summed E-state index contributed by atoms with van der Waals surface area (Å²) < 4.78 is 0. The number of nitrogen functional groups attached to an aromatic ring is 1. The van der Waals surface area contributed by atoms with Crippen LogP contribution in [-0.2, 0) is 0 Å². The molecule has 13 heavy (non-hydrogen) atoms. The SMILES string of the molecule is CC(C)O.Nc1ccsc1C(=O)O. The molecule has 0 aromatic carbocycles. The van der Waals surface area contributed by atoms with Gasteiger partial charge in [-0.2, -0.15) is 0 Å². The van der Waals surface area contributed by atoms with Crippen molar-refractivity contribution in [1.82, 2.24) is 0 Å². The van der Waals surface area contributed by atoms with Gasteiger partial charge in [-0.3, -0.25) is 0 Å². The van der Waals surface area contributed by atoms with Gasteiger partial charge in [0.2, 0.25) is 0 Å². The molecule has 0 saturated carbocycles. The summed E-state index contributed by atoms with van der Waals surface area (Å²) in [7, 11) is 0. The standard InChI is InChI=1S/C5H5NO2S.C3H8O/c6-3-1-2-9-4(3)5(7)8;1-3(2)4/h1-2H,6H2,(H,7,8);3-4H,1-2H3. The molecule has 1 heterocycles. The van der Waals surface area contributed by atoms with Gasteiger partial charge in [0.1, 0.15) is 4.88 Å². The van der Waals surface area contributed by atoms with Gasteiger partial charge >= 0.3 is 5.97 Å². The molecule has 0 spiro atoms. The van der Waals surface area contributed by atoms with Crippen molar-refractivity contribution in [3.05, 3.63) is 16.3 Å². The number of carboxylic acid groups (broad SMARTS) is 1. The van der Waals surface area contributed by atoms with Crippen LogP contribution in [0.5, 0.6) is 0 Å². The molecule has 4 N–H and O–H groups in total. The molecule has 5 heteroatoms. The summed E-state index contributed by atoms with van der Waals surface area (Å²) in [5, 5.41) is 18.1. The first kappa shape index (κ1) is 11.9. The highest BCUT2D eigenvalue weighted by molar-refractivity contribution is 7.12. The maximum atomic E-state index is 10.2. The van der Waals surface area contributed by atoms with Crippen LogP contribution in [0.15, 0.2) is 11.4 Å². The first-order valence-electron chi connectivity index (χ1n) is 3.69. The number of carboxylic acids is 1. The molecule has 0 amide bonds. The first-order chi connectivity index (χ1) is 5.95. The van der Waals surface area contributed by atoms with Crippen molar-refractivity contribution in [2.45, 2.75) is 20.0 Å². The Balaban J connectivity index is 0.000000310. The fraction of sp³-hybridized carbons (Fsp3) is 0.375. The smallest absolute Gasteiger partial charge is 0.348 e. The lowest BCUT2D eigenvalue weighted by Crippen LogP contribution is -1.96. The van der Waals surface area contributed by atoms with Crippen molar-refractivity contribution in [1.29, 1.82) is 0 Å². The Morgan fingerprint density at radius 3 is 2.23 bits per heavy atom. The van der Waals surface area contributed by atoms with Gasteiger partial charge in [-0.25, -0.2) is 4.79 Å². The molecule has 1 aromatic heterocycles. The number of nitrogens with two attached hydrogens (primary N) is 1. The lowest BCUT2D eigenvalue weighted by Gasteiger charge is -1.86. The predicted octanol–water partition coefficient (Wildman–Crippen LogP) is 1.42. The first-order valence-corrected chi connectivity index (χ1v) is 4.57. The molecular weight excluding hydrogens is 190 g/mol. The van der Waals surface area contributed by atoms with Gasteiger partial charge in [0.15, 0.2) is 0 Å². The Kier molecular flexibility index (Phi) is 5.10. The lowest BCUT2D eigenvalue weighted by atomic mass is 10.4. The predicted molar refractivity (Wildman–Crippen MR) is 53.0 cm³/mol. The molecular formula is C8H13NO3S. The summed E-state index contributed by atoms with van der Waals surface area (Å²) in [5.41, 5.74) is 5.61. The number of hydrogen-bond acceptors (Lipinski definition) is 4. The van der Waals surface area contributed by atoms with E-state index in [2.05, 4.69) is 0 Å². The second-order valence-corrected chi connectivity index (χ2v) is 3.52. The number of aliphatic hydroxyl groups is 1. The molecule has 0 atom stereocenters. The number of rotatable bonds is 1. The highest BCUT2D eigenvalue weighted by Gasteiger charge is 2.06. The number of aromatic carboxylic acids is 1. The summed E-state index contributed by atoms with van der Waals surface area (Å²) in [5.74, 6) is -0.956. The monoisotopic (exact) mass is 203 g/mol. The van der Waals surface area contributed by atoms with E-state index in [1.165, 1.54) is 0 Å². The molecule has 0 aliphatic rings. The van der Waals surface area contributed by atoms with Crippen molar-refractivity contribution in [3.8, 4) is 0 Å². The maximum Gasteiger partial charge on any atom is 0.348 e. The third-order valence-electron chi connectivity index (χ3n) is 0.890. The quantitative estimate of drug-likeness (QED) is 0.644. The summed E-state index contributed by atoms with van der Waals surface area (Å²) >= 11 is 1.13. The molecule has 0 saturated heterocycles. The molecule has 0 fully saturated rings. The Morgan fingerprint density at radius 2 is 2.08 bits per heavy atom. The summed E-state index contributed by atoms with van der Waals surface area (Å²) in [4.78, 5) is 10.4. The fourth-order valence-corrected chi connectivity index (χ4v) is 1.15. The third-order valence-corrected chi connectivity index (χ3v) is 1.81. The van der Waals surface area contributed by atoms with Crippen LogP contribution >= 0.6 is 11.3 Å². The Hall–Kier alpha value is -1.07. The molecule has 0 aliphatic heterocycles. The van der Waals surface area contributed by atoms with E-state index < -0.39 is 5.97 Å². The summed E-state index contributed by atoms with van der Waals surface area (Å²) in [6.45, 7) is 3.44. The van der Waals surface area contributed by atoms with Crippen LogP contribution < -0.4 is 5.73 Å². The molecule has 0 radical (unpaired) electrons. The van der Waals surface area contributed by atoms with E-state index in [0.717, 1.165) is 11.3 Å². The lowest BCUT2D eigenvalue weighted by molar-refractivity contribution is 0.0703. The van der Waals surface area contributed by atoms with Gasteiger partial charge in [0.05, 0.1) is 5.69 Å². The van der Waals surface area contributed by atoms with Crippen molar-refractivity contribution in [2.24, 2.45) is 0 Å².